The molecule has 0 fully saturated rings. The largest absolute Gasteiger partial charge is 0.480 e. The van der Waals surface area contributed by atoms with Crippen LogP contribution in [0, 0.1) is 0 Å². The molecule has 0 aromatic heterocycles. The molecule has 0 spiro atoms. The van der Waals surface area contributed by atoms with E-state index in [0.29, 0.717) is 17.0 Å². The van der Waals surface area contributed by atoms with Gasteiger partial charge in [-0.05, 0) is 32.1 Å². The van der Waals surface area contributed by atoms with Crippen molar-refractivity contribution in [1.29, 1.82) is 0 Å². The number of thiol groups is 1. The predicted molar refractivity (Wildman–Crippen MR) is 156 cm³/mol. The SMILES string of the molecule is CC(=O)C(C)(SCC[C@H](N)C(=O)O)N1C(=O)C(NCC(=O)C(N)CS)N=C(c2ccccc2)c2ccccc21. The lowest BCUT2D eigenvalue weighted by atomic mass is 9.99. The van der Waals surface area contributed by atoms with Gasteiger partial charge < -0.3 is 16.6 Å². The summed E-state index contributed by atoms with van der Waals surface area (Å²) in [6.45, 7) is 2.76. The molecule has 39 heavy (non-hydrogen) atoms. The molecule has 2 aromatic rings. The van der Waals surface area contributed by atoms with Gasteiger partial charge in [0, 0.05) is 16.9 Å². The second-order valence-corrected chi connectivity index (χ2v) is 11.1. The Balaban J connectivity index is 2.13. The zero-order valence-corrected chi connectivity index (χ0v) is 23.5. The Morgan fingerprint density at radius 2 is 1.77 bits per heavy atom. The van der Waals surface area contributed by atoms with E-state index in [1.807, 2.05) is 42.5 Å². The van der Waals surface area contributed by atoms with E-state index >= 15 is 0 Å². The minimum atomic E-state index is -1.43. The fourth-order valence-corrected chi connectivity index (χ4v) is 5.52. The number of anilines is 1. The normalized spacial score (nSPS) is 18.3. The molecule has 1 aliphatic rings. The van der Waals surface area contributed by atoms with Crippen LogP contribution in [-0.4, -0.2) is 75.4 Å². The Kier molecular flexibility index (Phi) is 10.4. The van der Waals surface area contributed by atoms with Crippen LogP contribution in [0.4, 0.5) is 5.69 Å². The standard InChI is InChI=1S/C27H33N5O5S2/c1-16(33)27(2,39-13-12-19(28)26(36)37)32-21-11-7-6-10-18(21)23(17-8-4-3-5-9-17)31-24(25(32)35)30-14-22(34)20(29)15-38/h3-11,19-20,24,30,38H,12-15,28-29H2,1-2H3,(H,36,37)/t19-,20?,24?,27?/m0/s1. The van der Waals surface area contributed by atoms with E-state index in [1.54, 1.807) is 19.1 Å². The van der Waals surface area contributed by atoms with Gasteiger partial charge in [0.1, 0.15) is 10.9 Å². The number of para-hydroxylation sites is 1. The molecular weight excluding hydrogens is 538 g/mol. The predicted octanol–water partition coefficient (Wildman–Crippen LogP) is 1.45. The van der Waals surface area contributed by atoms with Gasteiger partial charge in [0.2, 0.25) is 0 Å². The van der Waals surface area contributed by atoms with Crippen molar-refractivity contribution in [3.63, 3.8) is 0 Å². The molecule has 4 atom stereocenters. The molecular formula is C27H33N5O5S2. The maximum Gasteiger partial charge on any atom is 0.320 e. The number of fused-ring (bicyclic) bond motifs is 1. The second kappa shape index (κ2) is 13.4. The molecule has 1 amide bonds. The second-order valence-electron chi connectivity index (χ2n) is 9.19. The minimum absolute atomic E-state index is 0.0934. The third-order valence-electron chi connectivity index (χ3n) is 6.45. The van der Waals surface area contributed by atoms with Crippen molar-refractivity contribution in [2.45, 2.75) is 43.4 Å². The number of rotatable bonds is 13. The van der Waals surface area contributed by atoms with Crippen LogP contribution in [0.15, 0.2) is 59.6 Å². The monoisotopic (exact) mass is 571 g/mol. The van der Waals surface area contributed by atoms with Crippen molar-refractivity contribution in [1.82, 2.24) is 5.32 Å². The molecule has 208 valence electrons. The van der Waals surface area contributed by atoms with Crippen molar-refractivity contribution >= 4 is 59.2 Å². The first kappa shape index (κ1) is 30.5. The highest BCUT2D eigenvalue weighted by Gasteiger charge is 2.46. The van der Waals surface area contributed by atoms with Gasteiger partial charge in [-0.1, -0.05) is 48.5 Å². The third-order valence-corrected chi connectivity index (χ3v) is 8.31. The van der Waals surface area contributed by atoms with Crippen LogP contribution >= 0.6 is 24.4 Å². The molecule has 0 radical (unpaired) electrons. The van der Waals surface area contributed by atoms with E-state index in [9.17, 15) is 24.3 Å². The van der Waals surface area contributed by atoms with Gasteiger partial charge in [-0.25, -0.2) is 0 Å². The van der Waals surface area contributed by atoms with Gasteiger partial charge in [0.25, 0.3) is 5.91 Å². The van der Waals surface area contributed by atoms with Crippen molar-refractivity contribution in [3.05, 3.63) is 65.7 Å². The maximum atomic E-state index is 14.2. The Morgan fingerprint density at radius 1 is 1.13 bits per heavy atom. The lowest BCUT2D eigenvalue weighted by molar-refractivity contribution is -0.138. The number of benzodiazepines with no additional fused rings is 1. The van der Waals surface area contributed by atoms with Crippen LogP contribution in [0.25, 0.3) is 0 Å². The molecule has 0 bridgehead atoms. The number of Topliss-reactive ketones (excluding diaryl/α,β-unsaturated/α-hetero) is 2. The van der Waals surface area contributed by atoms with Crippen LogP contribution in [-0.2, 0) is 19.2 Å². The molecule has 12 heteroatoms. The molecule has 10 nitrogen and oxygen atoms in total. The van der Waals surface area contributed by atoms with Gasteiger partial charge in [0.05, 0.1) is 24.0 Å². The van der Waals surface area contributed by atoms with Crippen molar-refractivity contribution in [2.24, 2.45) is 16.5 Å². The van der Waals surface area contributed by atoms with Gasteiger partial charge in [0.15, 0.2) is 17.7 Å². The number of carbonyl (C=O) groups is 4. The van der Waals surface area contributed by atoms with E-state index in [-0.39, 0.29) is 36.0 Å². The number of amides is 1. The number of nitrogens with zero attached hydrogens (tertiary/aromatic N) is 2. The number of carboxylic acid groups (broad SMARTS) is 1. The number of aliphatic carboxylic acids is 1. The summed E-state index contributed by atoms with van der Waals surface area (Å²) in [4.78, 5) is 55.9. The van der Waals surface area contributed by atoms with Gasteiger partial charge in [-0.3, -0.25) is 34.4 Å². The van der Waals surface area contributed by atoms with Gasteiger partial charge >= 0.3 is 5.97 Å². The number of nitrogens with two attached hydrogens (primary N) is 2. The zero-order valence-electron chi connectivity index (χ0n) is 21.7. The third kappa shape index (κ3) is 6.95. The van der Waals surface area contributed by atoms with E-state index in [1.165, 1.54) is 11.8 Å². The fraction of sp³-hybridized carbons (Fsp3) is 0.370. The first-order valence-electron chi connectivity index (χ1n) is 12.3. The number of ketones is 2. The number of nitrogens with one attached hydrogen (secondary N) is 1. The first-order chi connectivity index (χ1) is 18.5. The number of carboxylic acids is 1. The Hall–Kier alpha value is -3.03. The lowest BCUT2D eigenvalue weighted by Crippen LogP contribution is -2.58. The summed E-state index contributed by atoms with van der Waals surface area (Å²) < 4.78 is 0. The molecule has 0 aliphatic carbocycles. The highest BCUT2D eigenvalue weighted by Crippen LogP contribution is 2.39. The number of hydrogen-bond donors (Lipinski definition) is 5. The van der Waals surface area contributed by atoms with Crippen LogP contribution in [0.5, 0.6) is 0 Å². The molecule has 1 heterocycles. The Bertz CT molecular complexity index is 1260. The number of thioether (sulfide) groups is 1. The van der Waals surface area contributed by atoms with Crippen molar-refractivity contribution in [3.8, 4) is 0 Å². The van der Waals surface area contributed by atoms with Crippen molar-refractivity contribution in [2.75, 3.05) is 23.0 Å². The molecule has 2 aromatic carbocycles. The highest BCUT2D eigenvalue weighted by atomic mass is 32.2. The smallest absolute Gasteiger partial charge is 0.320 e. The summed E-state index contributed by atoms with van der Waals surface area (Å²) in [6.07, 6.45) is -1.12. The van der Waals surface area contributed by atoms with Crippen LogP contribution in [0.3, 0.4) is 0 Å². The van der Waals surface area contributed by atoms with Gasteiger partial charge in [-0.15, -0.1) is 11.8 Å². The zero-order chi connectivity index (χ0) is 28.7. The van der Waals surface area contributed by atoms with Crippen molar-refractivity contribution < 1.29 is 24.3 Å². The maximum absolute atomic E-state index is 14.2. The van der Waals surface area contributed by atoms with E-state index < -0.39 is 35.0 Å². The van der Waals surface area contributed by atoms with Gasteiger partial charge in [-0.2, -0.15) is 12.6 Å². The number of hydrogen-bond acceptors (Lipinski definition) is 10. The van der Waals surface area contributed by atoms with Crippen LogP contribution < -0.4 is 21.7 Å². The lowest BCUT2D eigenvalue weighted by Gasteiger charge is -2.40. The number of carbonyl (C=O) groups excluding carboxylic acids is 3. The molecule has 0 saturated carbocycles. The van der Waals surface area contributed by atoms with Crippen LogP contribution in [0.2, 0.25) is 0 Å². The summed E-state index contributed by atoms with van der Waals surface area (Å²) in [7, 11) is 0. The van der Waals surface area contributed by atoms with Crippen LogP contribution in [0.1, 0.15) is 31.4 Å². The van der Waals surface area contributed by atoms with E-state index in [2.05, 4.69) is 17.9 Å². The average Bonchev–Trinajstić information content (AvgIpc) is 3.05. The minimum Gasteiger partial charge on any atom is -0.480 e. The fourth-order valence-electron chi connectivity index (χ4n) is 4.02. The Labute approximate surface area is 237 Å². The summed E-state index contributed by atoms with van der Waals surface area (Å²) >= 11 is 5.21. The molecule has 0 saturated heterocycles. The molecule has 6 N–H and O–H groups in total. The number of benzene rings is 2. The molecule has 1 aliphatic heterocycles. The highest BCUT2D eigenvalue weighted by molar-refractivity contribution is 8.01. The Morgan fingerprint density at radius 3 is 2.38 bits per heavy atom. The summed E-state index contributed by atoms with van der Waals surface area (Å²) in [5.74, 6) is -2.01. The molecule has 3 rings (SSSR count). The average molecular weight is 572 g/mol. The quantitative estimate of drug-likeness (QED) is 0.224. The number of aliphatic imine (C=N–C) groups is 1. The summed E-state index contributed by atoms with van der Waals surface area (Å²) in [5.41, 5.74) is 13.8. The summed E-state index contributed by atoms with van der Waals surface area (Å²) in [5, 5.41) is 12.1. The summed E-state index contributed by atoms with van der Waals surface area (Å²) in [6, 6.07) is 14.5. The van der Waals surface area contributed by atoms with E-state index in [4.69, 9.17) is 16.5 Å². The molecule has 3 unspecified atom stereocenters. The topological polar surface area (TPSA) is 168 Å². The van der Waals surface area contributed by atoms with E-state index in [0.717, 1.165) is 17.3 Å². The first-order valence-corrected chi connectivity index (χ1v) is 14.0.